The Balaban J connectivity index is 1.17. The Kier molecular flexibility index (Phi) is 7.14. The van der Waals surface area contributed by atoms with Crippen LogP contribution in [0, 0.1) is 11.8 Å². The molecule has 1 N–H and O–H groups in total. The summed E-state index contributed by atoms with van der Waals surface area (Å²) in [5, 5.41) is 4.57. The van der Waals surface area contributed by atoms with Crippen LogP contribution in [0.3, 0.4) is 0 Å². The van der Waals surface area contributed by atoms with Crippen LogP contribution in [0.4, 0.5) is 0 Å². The van der Waals surface area contributed by atoms with Crippen LogP contribution in [0.15, 0.2) is 34.9 Å². The summed E-state index contributed by atoms with van der Waals surface area (Å²) in [5.74, 6) is 1.85. The highest BCUT2D eigenvalue weighted by Gasteiger charge is 2.26. The number of furan rings is 1. The van der Waals surface area contributed by atoms with Gasteiger partial charge >= 0.3 is 0 Å². The second-order valence-corrected chi connectivity index (χ2v) is 9.63. The van der Waals surface area contributed by atoms with Crippen molar-refractivity contribution >= 4 is 16.9 Å². The van der Waals surface area contributed by atoms with E-state index in [9.17, 15) is 4.79 Å². The van der Waals surface area contributed by atoms with Crippen LogP contribution >= 0.6 is 0 Å². The van der Waals surface area contributed by atoms with Crippen molar-refractivity contribution in [2.24, 2.45) is 11.8 Å². The molecule has 1 saturated heterocycles. The number of rotatable bonds is 7. The number of nitrogens with zero attached hydrogens (tertiary/aromatic N) is 1. The molecule has 4 heteroatoms. The van der Waals surface area contributed by atoms with E-state index in [0.29, 0.717) is 12.0 Å². The van der Waals surface area contributed by atoms with Crippen molar-refractivity contribution in [1.29, 1.82) is 0 Å². The van der Waals surface area contributed by atoms with Gasteiger partial charge in [0.2, 0.25) is 5.91 Å². The Labute approximate surface area is 181 Å². The van der Waals surface area contributed by atoms with Gasteiger partial charge in [-0.3, -0.25) is 4.79 Å². The highest BCUT2D eigenvalue weighted by Crippen LogP contribution is 2.35. The second-order valence-electron chi connectivity index (χ2n) is 9.63. The van der Waals surface area contributed by atoms with E-state index in [4.69, 9.17) is 4.42 Å². The average Bonchev–Trinajstić information content (AvgIpc) is 3.22. The Bertz CT molecular complexity index is 813. The molecule has 1 unspecified atom stereocenters. The number of fused-ring (bicyclic) bond motifs is 1. The molecular weight excluding hydrogens is 372 g/mol. The highest BCUT2D eigenvalue weighted by molar-refractivity contribution is 5.81. The Morgan fingerprint density at radius 3 is 2.60 bits per heavy atom. The van der Waals surface area contributed by atoms with Crippen molar-refractivity contribution < 1.29 is 9.21 Å². The van der Waals surface area contributed by atoms with E-state index in [0.717, 1.165) is 30.8 Å². The van der Waals surface area contributed by atoms with Gasteiger partial charge in [0.15, 0.2) is 0 Å². The van der Waals surface area contributed by atoms with Gasteiger partial charge < -0.3 is 14.6 Å². The van der Waals surface area contributed by atoms with Crippen molar-refractivity contribution in [1.82, 2.24) is 10.2 Å². The van der Waals surface area contributed by atoms with Gasteiger partial charge in [-0.05, 0) is 88.9 Å². The van der Waals surface area contributed by atoms with Crippen LogP contribution in [-0.4, -0.2) is 36.5 Å². The first-order valence-electron chi connectivity index (χ1n) is 12.1. The first-order chi connectivity index (χ1) is 14.6. The number of carbonyl (C=O) groups excluding carboxylic acids is 1. The van der Waals surface area contributed by atoms with Crippen LogP contribution in [0.2, 0.25) is 0 Å². The molecule has 4 rings (SSSR count). The fourth-order valence-electron chi connectivity index (χ4n) is 5.27. The number of benzene rings is 1. The molecule has 1 atom stereocenters. The predicted octanol–water partition coefficient (Wildman–Crippen LogP) is 5.72. The third-order valence-electron chi connectivity index (χ3n) is 7.64. The zero-order chi connectivity index (χ0) is 20.9. The maximum absolute atomic E-state index is 12.1. The molecule has 1 amide bonds. The van der Waals surface area contributed by atoms with Gasteiger partial charge in [-0.1, -0.05) is 32.0 Å². The maximum atomic E-state index is 12.1. The summed E-state index contributed by atoms with van der Waals surface area (Å²) in [4.78, 5) is 14.8. The molecule has 1 aromatic heterocycles. The third kappa shape index (κ3) is 5.08. The highest BCUT2D eigenvalue weighted by atomic mass is 16.3. The van der Waals surface area contributed by atoms with Crippen molar-refractivity contribution in [2.45, 2.75) is 77.2 Å². The lowest BCUT2D eigenvalue weighted by atomic mass is 9.83. The molecule has 30 heavy (non-hydrogen) atoms. The molecular formula is C26H38N2O2. The van der Waals surface area contributed by atoms with E-state index < -0.39 is 0 Å². The minimum absolute atomic E-state index is 0.144. The van der Waals surface area contributed by atoms with E-state index in [1.54, 1.807) is 0 Å². The molecule has 2 heterocycles. The molecule has 164 valence electrons. The number of hydrogen-bond donors (Lipinski definition) is 1. The molecule has 1 saturated carbocycles. The SMILES string of the molecule is CCC(C)C(=O)NC1CCC(CCN2CCC(c3coc4ccccc34)CC2)CC1. The first-order valence-corrected chi connectivity index (χ1v) is 12.1. The number of piperidine rings is 1. The number of para-hydroxylation sites is 1. The smallest absolute Gasteiger partial charge is 0.223 e. The molecule has 0 bridgehead atoms. The van der Waals surface area contributed by atoms with Gasteiger partial charge in [0.25, 0.3) is 0 Å². The number of likely N-dealkylation sites (tertiary alicyclic amines) is 1. The van der Waals surface area contributed by atoms with Crippen LogP contribution in [0.5, 0.6) is 0 Å². The van der Waals surface area contributed by atoms with Gasteiger partial charge in [0.1, 0.15) is 5.58 Å². The van der Waals surface area contributed by atoms with E-state index >= 15 is 0 Å². The van der Waals surface area contributed by atoms with Gasteiger partial charge in [-0.2, -0.15) is 0 Å². The summed E-state index contributed by atoms with van der Waals surface area (Å²) in [5.41, 5.74) is 2.42. The fraction of sp³-hybridized carbons (Fsp3) is 0.654. The first kappa shape index (κ1) is 21.4. The topological polar surface area (TPSA) is 45.5 Å². The molecule has 4 nitrogen and oxygen atoms in total. The predicted molar refractivity (Wildman–Crippen MR) is 123 cm³/mol. The zero-order valence-electron chi connectivity index (χ0n) is 18.7. The maximum Gasteiger partial charge on any atom is 0.223 e. The normalized spacial score (nSPS) is 24.7. The van der Waals surface area contributed by atoms with Crippen molar-refractivity contribution in [3.8, 4) is 0 Å². The van der Waals surface area contributed by atoms with Crippen molar-refractivity contribution in [3.63, 3.8) is 0 Å². The molecule has 0 spiro atoms. The van der Waals surface area contributed by atoms with Crippen LogP contribution in [0.1, 0.15) is 76.7 Å². The quantitative estimate of drug-likeness (QED) is 0.634. The van der Waals surface area contributed by atoms with Gasteiger partial charge in [-0.25, -0.2) is 0 Å². The standard InChI is InChI=1S/C26H38N2O2/c1-3-19(2)26(29)27-22-10-8-20(9-11-22)12-15-28-16-13-21(14-17-28)24-18-30-25-7-5-4-6-23(24)25/h4-7,18-22H,3,8-17H2,1-2H3,(H,27,29). The molecule has 1 aromatic carbocycles. The third-order valence-corrected chi connectivity index (χ3v) is 7.64. The van der Waals surface area contributed by atoms with Crippen LogP contribution in [0.25, 0.3) is 11.0 Å². The average molecular weight is 411 g/mol. The van der Waals surface area contributed by atoms with Crippen molar-refractivity contribution in [2.75, 3.05) is 19.6 Å². The molecule has 1 aliphatic carbocycles. The minimum Gasteiger partial charge on any atom is -0.464 e. The van der Waals surface area contributed by atoms with Crippen molar-refractivity contribution in [3.05, 3.63) is 36.1 Å². The summed E-state index contributed by atoms with van der Waals surface area (Å²) in [7, 11) is 0. The fourth-order valence-corrected chi connectivity index (χ4v) is 5.27. The van der Waals surface area contributed by atoms with Gasteiger partial charge in [0.05, 0.1) is 6.26 Å². The minimum atomic E-state index is 0.144. The largest absolute Gasteiger partial charge is 0.464 e. The lowest BCUT2D eigenvalue weighted by Crippen LogP contribution is -2.40. The summed E-state index contributed by atoms with van der Waals surface area (Å²) >= 11 is 0. The van der Waals surface area contributed by atoms with Gasteiger partial charge in [-0.15, -0.1) is 0 Å². The van der Waals surface area contributed by atoms with E-state index in [-0.39, 0.29) is 11.8 Å². The zero-order valence-corrected chi connectivity index (χ0v) is 18.7. The Morgan fingerprint density at radius 2 is 1.87 bits per heavy atom. The number of nitrogens with one attached hydrogen (secondary N) is 1. The molecule has 2 fully saturated rings. The molecule has 1 aliphatic heterocycles. The Morgan fingerprint density at radius 1 is 1.13 bits per heavy atom. The Hall–Kier alpha value is -1.81. The monoisotopic (exact) mass is 410 g/mol. The number of hydrogen-bond acceptors (Lipinski definition) is 3. The van der Waals surface area contributed by atoms with E-state index in [1.807, 2.05) is 19.3 Å². The lowest BCUT2D eigenvalue weighted by molar-refractivity contribution is -0.125. The van der Waals surface area contributed by atoms with Crippen LogP contribution in [-0.2, 0) is 4.79 Å². The summed E-state index contributed by atoms with van der Waals surface area (Å²) < 4.78 is 5.77. The van der Waals surface area contributed by atoms with Crippen LogP contribution < -0.4 is 5.32 Å². The summed E-state index contributed by atoms with van der Waals surface area (Å²) in [6, 6.07) is 8.83. The van der Waals surface area contributed by atoms with Gasteiger partial charge in [0, 0.05) is 22.9 Å². The summed E-state index contributed by atoms with van der Waals surface area (Å²) in [6.07, 6.45) is 11.5. The second kappa shape index (κ2) is 10.00. The van der Waals surface area contributed by atoms with E-state index in [1.165, 1.54) is 62.7 Å². The number of carbonyl (C=O) groups is 1. The summed E-state index contributed by atoms with van der Waals surface area (Å²) in [6.45, 7) is 7.74. The molecule has 0 radical (unpaired) electrons. The molecule has 2 aliphatic rings. The molecule has 2 aromatic rings. The number of amides is 1. The van der Waals surface area contributed by atoms with E-state index in [2.05, 4.69) is 35.3 Å². The lowest BCUT2D eigenvalue weighted by Gasteiger charge is -2.34.